The Bertz CT molecular complexity index is 677. The summed E-state index contributed by atoms with van der Waals surface area (Å²) in [5.74, 6) is 0. The van der Waals surface area contributed by atoms with E-state index in [9.17, 15) is 0 Å². The van der Waals surface area contributed by atoms with Crippen molar-refractivity contribution in [1.82, 2.24) is 9.80 Å². The number of unbranched alkanes of at least 4 members (excludes halogenated alkanes) is 1. The summed E-state index contributed by atoms with van der Waals surface area (Å²) in [6.45, 7) is 17.8. The lowest BCUT2D eigenvalue weighted by Gasteiger charge is -2.32. The summed E-state index contributed by atoms with van der Waals surface area (Å²) in [4.78, 5) is 5.01. The van der Waals surface area contributed by atoms with Crippen LogP contribution in [0.25, 0.3) is 6.08 Å². The Hall–Kier alpha value is -1.84. The van der Waals surface area contributed by atoms with Crippen molar-refractivity contribution in [2.75, 3.05) is 51.6 Å². The second-order valence-corrected chi connectivity index (χ2v) is 9.26. The Morgan fingerprint density at radius 3 is 2.43 bits per heavy atom. The van der Waals surface area contributed by atoms with Gasteiger partial charge in [0.1, 0.15) is 0 Å². The molecule has 1 N–H and O–H groups in total. The Labute approximate surface area is 185 Å². The average Bonchev–Trinajstić information content (AvgIpc) is 2.74. The number of benzene rings is 1. The van der Waals surface area contributed by atoms with Crippen LogP contribution < -0.4 is 5.32 Å². The maximum absolute atomic E-state index is 4.05. The maximum Gasteiger partial charge on any atom is 0.0340 e. The van der Waals surface area contributed by atoms with Crippen molar-refractivity contribution < 1.29 is 0 Å². The van der Waals surface area contributed by atoms with Crippen molar-refractivity contribution in [3.63, 3.8) is 0 Å². The van der Waals surface area contributed by atoms with Gasteiger partial charge in [0, 0.05) is 43.8 Å². The van der Waals surface area contributed by atoms with Crippen LogP contribution in [0.15, 0.2) is 54.6 Å². The van der Waals surface area contributed by atoms with Gasteiger partial charge in [-0.15, -0.1) is 6.58 Å². The number of hydrogen-bond donors (Lipinski definition) is 1. The molecule has 1 aromatic rings. The topological polar surface area (TPSA) is 18.5 Å². The number of anilines is 1. The highest BCUT2D eigenvalue weighted by Crippen LogP contribution is 2.28. The molecule has 1 aromatic carbocycles. The summed E-state index contributed by atoms with van der Waals surface area (Å²) in [5, 5.41) is 3.57. The van der Waals surface area contributed by atoms with Crippen LogP contribution in [0.5, 0.6) is 0 Å². The molecular formula is C27H43N3. The quantitative estimate of drug-likeness (QED) is 0.333. The highest BCUT2D eigenvalue weighted by Gasteiger charge is 2.15. The van der Waals surface area contributed by atoms with Crippen LogP contribution in [0.1, 0.15) is 52.0 Å². The highest BCUT2D eigenvalue weighted by atomic mass is 15.2. The number of likely N-dealkylation sites (N-methyl/N-ethyl adjacent to an activating group) is 1. The van der Waals surface area contributed by atoms with Crippen LogP contribution in [-0.2, 0) is 0 Å². The van der Waals surface area contributed by atoms with E-state index < -0.39 is 0 Å². The fourth-order valence-electron chi connectivity index (χ4n) is 3.69. The molecule has 0 amide bonds. The van der Waals surface area contributed by atoms with E-state index in [0.29, 0.717) is 0 Å². The summed E-state index contributed by atoms with van der Waals surface area (Å²) in [7, 11) is 2.21. The largest absolute Gasteiger partial charge is 0.385 e. The summed E-state index contributed by atoms with van der Waals surface area (Å²) < 4.78 is 0. The molecule has 0 bridgehead atoms. The first-order valence-electron chi connectivity index (χ1n) is 11.6. The lowest BCUT2D eigenvalue weighted by Crippen LogP contribution is -2.44. The van der Waals surface area contributed by atoms with Gasteiger partial charge in [0.15, 0.2) is 0 Å². The van der Waals surface area contributed by atoms with E-state index in [1.165, 1.54) is 62.4 Å². The maximum atomic E-state index is 4.05. The van der Waals surface area contributed by atoms with Gasteiger partial charge in [-0.05, 0) is 70.8 Å². The first kappa shape index (κ1) is 24.4. The van der Waals surface area contributed by atoms with E-state index >= 15 is 0 Å². The van der Waals surface area contributed by atoms with Crippen LogP contribution >= 0.6 is 0 Å². The fraction of sp³-hybridized carbons (Fsp3) is 0.556. The highest BCUT2D eigenvalue weighted by molar-refractivity contribution is 5.55. The molecule has 3 heteroatoms. The minimum absolute atomic E-state index is 0.0344. The van der Waals surface area contributed by atoms with Gasteiger partial charge in [-0.3, -0.25) is 0 Å². The number of hydrogen-bond acceptors (Lipinski definition) is 3. The van der Waals surface area contributed by atoms with Gasteiger partial charge in [0.05, 0.1) is 0 Å². The molecule has 0 aliphatic carbocycles. The van der Waals surface area contributed by atoms with Crippen LogP contribution in [0.2, 0.25) is 0 Å². The van der Waals surface area contributed by atoms with Crippen molar-refractivity contribution >= 4 is 11.8 Å². The zero-order chi connectivity index (χ0) is 21.8. The van der Waals surface area contributed by atoms with Crippen molar-refractivity contribution in [2.24, 2.45) is 5.41 Å². The Morgan fingerprint density at radius 2 is 1.80 bits per heavy atom. The number of nitrogens with one attached hydrogen (secondary N) is 1. The van der Waals surface area contributed by atoms with Crippen LogP contribution in [-0.4, -0.2) is 56.1 Å². The summed E-state index contributed by atoms with van der Waals surface area (Å²) in [6, 6.07) is 8.77. The molecule has 166 valence electrons. The first-order valence-corrected chi connectivity index (χ1v) is 11.6. The zero-order valence-electron chi connectivity index (χ0n) is 19.8. The van der Waals surface area contributed by atoms with Gasteiger partial charge in [0.2, 0.25) is 0 Å². The molecule has 0 saturated carbocycles. The second-order valence-electron chi connectivity index (χ2n) is 9.26. The van der Waals surface area contributed by atoms with Crippen molar-refractivity contribution in [2.45, 2.75) is 46.5 Å². The molecule has 30 heavy (non-hydrogen) atoms. The molecule has 1 fully saturated rings. The van der Waals surface area contributed by atoms with E-state index in [2.05, 4.69) is 98.1 Å². The van der Waals surface area contributed by atoms with E-state index in [0.717, 1.165) is 19.4 Å². The fourth-order valence-corrected chi connectivity index (χ4v) is 3.69. The predicted octanol–water partition coefficient (Wildman–Crippen LogP) is 6.08. The van der Waals surface area contributed by atoms with Crippen molar-refractivity contribution in [3.05, 3.63) is 60.2 Å². The molecule has 1 saturated heterocycles. The Morgan fingerprint density at radius 1 is 1.10 bits per heavy atom. The van der Waals surface area contributed by atoms with E-state index in [-0.39, 0.29) is 5.41 Å². The third-order valence-corrected chi connectivity index (χ3v) is 6.10. The van der Waals surface area contributed by atoms with Crippen LogP contribution in [0, 0.1) is 5.41 Å². The van der Waals surface area contributed by atoms with Crippen molar-refractivity contribution in [3.8, 4) is 0 Å². The van der Waals surface area contributed by atoms with Gasteiger partial charge >= 0.3 is 0 Å². The van der Waals surface area contributed by atoms with Gasteiger partial charge in [-0.2, -0.15) is 0 Å². The smallest absolute Gasteiger partial charge is 0.0340 e. The minimum Gasteiger partial charge on any atom is -0.385 e. The van der Waals surface area contributed by atoms with E-state index in [4.69, 9.17) is 0 Å². The van der Waals surface area contributed by atoms with Gasteiger partial charge < -0.3 is 15.1 Å². The molecule has 1 atom stereocenters. The second kappa shape index (κ2) is 12.8. The lowest BCUT2D eigenvalue weighted by molar-refractivity contribution is 0.152. The zero-order valence-corrected chi connectivity index (χ0v) is 19.8. The van der Waals surface area contributed by atoms with Crippen LogP contribution in [0.3, 0.4) is 0 Å². The average molecular weight is 410 g/mol. The van der Waals surface area contributed by atoms with E-state index in [1.807, 2.05) is 0 Å². The third-order valence-electron chi connectivity index (χ3n) is 6.10. The number of nitrogens with zero attached hydrogens (tertiary/aromatic N) is 2. The van der Waals surface area contributed by atoms with Crippen LogP contribution in [0.4, 0.5) is 5.69 Å². The van der Waals surface area contributed by atoms with Gasteiger partial charge in [0.25, 0.3) is 0 Å². The SMILES string of the molecule is C=CC(C)(/C=C/c1ccc(NCCCCN2CCN(C)CC2)cc1)CCC=C(C)C. The van der Waals surface area contributed by atoms with E-state index in [1.54, 1.807) is 0 Å². The summed E-state index contributed by atoms with van der Waals surface area (Å²) >= 11 is 0. The molecule has 2 rings (SSSR count). The Balaban J connectivity index is 1.70. The number of rotatable bonds is 12. The number of piperazine rings is 1. The number of allylic oxidation sites excluding steroid dienone is 4. The first-order chi connectivity index (χ1) is 14.4. The van der Waals surface area contributed by atoms with Crippen molar-refractivity contribution in [1.29, 1.82) is 0 Å². The molecule has 0 aromatic heterocycles. The molecule has 0 radical (unpaired) electrons. The molecule has 1 heterocycles. The Kier molecular flexibility index (Phi) is 10.4. The standard InChI is InChI=1S/C27H43N3/c1-6-27(4,16-9-10-24(2)3)17-15-25-11-13-26(14-12-25)28-18-7-8-19-30-22-20-29(5)21-23-30/h6,10-15,17,28H,1,7-9,16,18-23H2,2-5H3/b17-15+. The monoisotopic (exact) mass is 409 g/mol. The summed E-state index contributed by atoms with van der Waals surface area (Å²) in [6.07, 6.45) is 13.6. The summed E-state index contributed by atoms with van der Waals surface area (Å²) in [5.41, 5.74) is 3.87. The van der Waals surface area contributed by atoms with Gasteiger partial charge in [-0.1, -0.05) is 48.9 Å². The third kappa shape index (κ3) is 9.32. The molecular weight excluding hydrogens is 366 g/mol. The predicted molar refractivity (Wildman–Crippen MR) is 134 cm³/mol. The normalized spacial score (nSPS) is 17.6. The lowest BCUT2D eigenvalue weighted by atomic mass is 9.84. The van der Waals surface area contributed by atoms with Gasteiger partial charge in [-0.25, -0.2) is 0 Å². The minimum atomic E-state index is 0.0344. The molecule has 3 nitrogen and oxygen atoms in total. The molecule has 0 spiro atoms. The molecule has 1 aliphatic heterocycles. The molecule has 1 unspecified atom stereocenters. The molecule has 1 aliphatic rings.